The van der Waals surface area contributed by atoms with Crippen LogP contribution in [0.5, 0.6) is 23.0 Å². The fraction of sp³-hybridized carbons (Fsp3) is 0.359. The normalized spacial score (nSPS) is 26.2. The third-order valence-electron chi connectivity index (χ3n) is 22.0. The Bertz CT molecular complexity index is 4350. The van der Waals surface area contributed by atoms with Gasteiger partial charge in [-0.05, 0) is 150 Å². The van der Waals surface area contributed by atoms with E-state index >= 15 is 4.79 Å². The second-order valence-corrected chi connectivity index (χ2v) is 26.9. The first-order valence-corrected chi connectivity index (χ1v) is 33.0. The summed E-state index contributed by atoms with van der Waals surface area (Å²) in [6.07, 6.45) is 14.2. The number of phenolic OH excluding ortho intramolecular Hbond substituents is 1. The van der Waals surface area contributed by atoms with Crippen LogP contribution in [0.15, 0.2) is 160 Å². The molecule has 14 nitrogen and oxygen atoms in total. The summed E-state index contributed by atoms with van der Waals surface area (Å²) in [5.41, 5.74) is 24.0. The number of rotatable bonds is 10. The quantitative estimate of drug-likeness (QED) is 0.0387. The number of nitrogens with zero attached hydrogens (tertiary/aromatic N) is 2. The molecule has 8 aromatic rings. The molecule has 6 aromatic carbocycles. The third kappa shape index (κ3) is 10.3. The van der Waals surface area contributed by atoms with Gasteiger partial charge in [-0.25, -0.2) is 4.99 Å². The van der Waals surface area contributed by atoms with Gasteiger partial charge >= 0.3 is 0 Å². The molecule has 0 radical (unpaired) electrons. The van der Waals surface area contributed by atoms with Gasteiger partial charge in [-0.15, -0.1) is 0 Å². The number of anilines is 1. The summed E-state index contributed by atoms with van der Waals surface area (Å²) in [4.78, 5) is 27.0. The first-order valence-electron chi connectivity index (χ1n) is 33.0. The Kier molecular flexibility index (Phi) is 15.6. The van der Waals surface area contributed by atoms with Crippen LogP contribution < -0.4 is 41.3 Å². The number of ether oxygens (including phenoxy) is 3. The average molecular weight is 1230 g/mol. The molecule has 0 amide bonds. The van der Waals surface area contributed by atoms with Crippen LogP contribution >= 0.6 is 0 Å². The Morgan fingerprint density at radius 2 is 1.75 bits per heavy atom. The highest BCUT2D eigenvalue weighted by Crippen LogP contribution is 2.64. The molecule has 2 aromatic heterocycles. The molecule has 3 saturated carbocycles. The number of methoxy groups -OCH3 is 1. The zero-order valence-corrected chi connectivity index (χ0v) is 52.2. The summed E-state index contributed by atoms with van der Waals surface area (Å²) in [6, 6.07) is 44.6. The zero-order valence-electron chi connectivity index (χ0n) is 52.2. The molecule has 470 valence electrons. The lowest BCUT2D eigenvalue weighted by atomic mass is 9.60. The molecule has 0 unspecified atom stereocenters. The van der Waals surface area contributed by atoms with E-state index in [1.807, 2.05) is 36.4 Å². The van der Waals surface area contributed by atoms with Crippen molar-refractivity contribution < 1.29 is 33.9 Å². The number of aromatic nitrogens is 1. The molecule has 11 bridgehead atoms. The van der Waals surface area contributed by atoms with Crippen LogP contribution in [0.2, 0.25) is 0 Å². The van der Waals surface area contributed by atoms with Gasteiger partial charge in [0.1, 0.15) is 28.3 Å². The Morgan fingerprint density at radius 3 is 2.59 bits per heavy atom. The van der Waals surface area contributed by atoms with Gasteiger partial charge < -0.3 is 60.6 Å². The van der Waals surface area contributed by atoms with Crippen LogP contribution in [0.4, 0.5) is 11.5 Å². The summed E-state index contributed by atoms with van der Waals surface area (Å²) >= 11 is 0. The van der Waals surface area contributed by atoms with Gasteiger partial charge in [0.05, 0.1) is 38.2 Å². The highest BCUT2D eigenvalue weighted by Gasteiger charge is 2.61. The van der Waals surface area contributed by atoms with Gasteiger partial charge in [0.15, 0.2) is 22.9 Å². The number of aliphatic imine (C=N–C) groups is 1. The number of nitrogens with one attached hydrogen (secondary N) is 2. The molecule has 4 fully saturated rings. The van der Waals surface area contributed by atoms with Crippen LogP contribution in [0.1, 0.15) is 96.0 Å². The van der Waals surface area contributed by atoms with E-state index in [9.17, 15) is 15.3 Å². The number of aliphatic hydroxyl groups excluding tert-OH is 2. The van der Waals surface area contributed by atoms with E-state index in [2.05, 4.69) is 119 Å². The van der Waals surface area contributed by atoms with Crippen molar-refractivity contribution in [3.05, 3.63) is 200 Å². The fourth-order valence-electron chi connectivity index (χ4n) is 17.5. The largest absolute Gasteiger partial charge is 0.508 e. The van der Waals surface area contributed by atoms with Crippen molar-refractivity contribution in [2.24, 2.45) is 52.0 Å². The van der Waals surface area contributed by atoms with Gasteiger partial charge in [0.2, 0.25) is 5.75 Å². The Hall–Kier alpha value is -9.00. The number of aliphatic hydroxyl groups is 2. The number of aromatic hydroxyl groups is 1. The first-order chi connectivity index (χ1) is 44.9. The average Bonchev–Trinajstić information content (AvgIpc) is 1.52. The van der Waals surface area contributed by atoms with Crippen molar-refractivity contribution in [3.63, 3.8) is 0 Å². The van der Waals surface area contributed by atoms with Gasteiger partial charge in [-0.3, -0.25) is 4.79 Å². The number of phenols is 1. The number of benzene rings is 6. The maximum Gasteiger partial charge on any atom is 0.204 e. The second-order valence-electron chi connectivity index (χ2n) is 26.9. The van der Waals surface area contributed by atoms with Gasteiger partial charge in [0.25, 0.3) is 0 Å². The Labute approximate surface area is 537 Å². The molecule has 1 saturated heterocycles. The van der Waals surface area contributed by atoms with Crippen molar-refractivity contribution in [2.45, 2.75) is 93.6 Å². The molecular weight excluding hydrogens is 1150 g/mol. The topological polar surface area (TPSA) is 214 Å². The number of aryl methyl sites for hydroxylation is 2. The molecule has 6 heterocycles. The predicted molar refractivity (Wildman–Crippen MR) is 363 cm³/mol. The van der Waals surface area contributed by atoms with E-state index in [4.69, 9.17) is 35.1 Å². The number of hydrogen-bond acceptors (Lipinski definition) is 11. The molecule has 8 aliphatic rings. The minimum atomic E-state index is -0.878. The number of fused-ring (bicyclic) bond motifs is 12. The van der Waals surface area contributed by atoms with E-state index in [1.54, 1.807) is 30.3 Å². The zero-order chi connectivity index (χ0) is 62.8. The number of guanidine groups is 1. The molecule has 4 aliphatic heterocycles. The SMILES string of the molecule is COc1c2c(c3oc(-c4ccc(O)cc4)cc(=O)c3c1OCC[C@@H](O)/C=C/c1ccccc1)CCc1cccc(c1)-c1cc3[nH]c1N1CCNC[C@@H]1[C@]1(C[C@@H]4c5ccccc5C=C[C@@H]4[C@H]1C#C[C@H]1CC[C@@H]4CC[C@H]1[C@]34C)c1ccc(c(N=C(N)N)c1)C[C@@H](CO)CO2. The number of allylic oxidation sites excluding steroid dienone is 1. The standard InChI is InChI=1S/C78H80N6O8/c1-77-54-23-17-50(63(77)32-25-54)22-31-64-59-30-21-49-12-6-7-14-58(49)62(59)42-78(64)55-24-18-53(65(39-55)82-76(79)80)38-48(44-85)45-91-72-60(29-16-47-11-8-13-52(37-47)61-40-68(77)83-75(61)84-35-34-81-43-69(78)84)71-70(66(88)41-67(92-71)51-19-27-56(86)28-20-51)73(74(72)89-2)90-36-33-57(87)26-15-46-9-4-3-5-10-46/h3-15,18-21,24,26-28,30,37,39-41,48,50,54,57,59,62-64,69,81,83,85-87H,16-17,23,25,29,32-36,38,42-45H2,1-2H3,(H4,79,80,82)/b26-15+/t48-,50+,54+,57-,59-,62+,63+,64+,69+,77+,78+/m0/s1. The van der Waals surface area contributed by atoms with Crippen LogP contribution in [-0.4, -0.2) is 85.0 Å². The van der Waals surface area contributed by atoms with Crippen LogP contribution in [0.25, 0.3) is 45.6 Å². The smallest absolute Gasteiger partial charge is 0.204 e. The predicted octanol–water partition coefficient (Wildman–Crippen LogP) is 12.1. The lowest BCUT2D eigenvalue weighted by molar-refractivity contribution is 0.152. The highest BCUT2D eigenvalue weighted by molar-refractivity contribution is 5.93. The second kappa shape index (κ2) is 24.2. The molecule has 4 aliphatic carbocycles. The van der Waals surface area contributed by atoms with Gasteiger partial charge in [-0.1, -0.05) is 134 Å². The van der Waals surface area contributed by atoms with E-state index in [-0.39, 0.29) is 107 Å². The molecule has 1 spiro atoms. The number of nitrogens with two attached hydrogens (primary N) is 2. The molecule has 9 N–H and O–H groups in total. The number of aromatic amines is 1. The van der Waals surface area contributed by atoms with Crippen molar-refractivity contribution in [3.8, 4) is 57.3 Å². The Morgan fingerprint density at radius 1 is 0.913 bits per heavy atom. The molecule has 16 rings (SSSR count). The molecule has 92 heavy (non-hydrogen) atoms. The van der Waals surface area contributed by atoms with E-state index in [0.29, 0.717) is 60.2 Å². The maximum absolute atomic E-state index is 15.0. The third-order valence-corrected chi connectivity index (χ3v) is 22.0. The summed E-state index contributed by atoms with van der Waals surface area (Å²) in [7, 11) is 1.53. The van der Waals surface area contributed by atoms with Gasteiger partial charge in [-0.2, -0.15) is 0 Å². The van der Waals surface area contributed by atoms with Crippen molar-refractivity contribution in [2.75, 3.05) is 51.5 Å². The number of H-pyrrole nitrogens is 1. The monoisotopic (exact) mass is 1230 g/mol. The van der Waals surface area contributed by atoms with Crippen LogP contribution in [0, 0.1) is 47.3 Å². The summed E-state index contributed by atoms with van der Waals surface area (Å²) in [5, 5.41) is 37.3. The van der Waals surface area contributed by atoms with Gasteiger partial charge in [0, 0.05) is 89.7 Å². The summed E-state index contributed by atoms with van der Waals surface area (Å²) < 4.78 is 27.1. The molecule has 14 heteroatoms. The van der Waals surface area contributed by atoms with Crippen LogP contribution in [0.3, 0.4) is 0 Å². The Balaban J connectivity index is 0.936. The van der Waals surface area contributed by atoms with Crippen LogP contribution in [-0.2, 0) is 30.1 Å². The van der Waals surface area contributed by atoms with E-state index < -0.39 is 17.4 Å². The highest BCUT2D eigenvalue weighted by atomic mass is 16.5. The lowest BCUT2D eigenvalue weighted by Gasteiger charge is -2.51. The molecule has 11 atom stereocenters. The lowest BCUT2D eigenvalue weighted by Crippen LogP contribution is -2.62. The fourth-order valence-corrected chi connectivity index (χ4v) is 17.5. The minimum Gasteiger partial charge on any atom is -0.508 e. The maximum atomic E-state index is 15.0. The van der Waals surface area contributed by atoms with Crippen molar-refractivity contribution >= 4 is 40.6 Å². The summed E-state index contributed by atoms with van der Waals surface area (Å²) in [6.45, 7) is 4.53. The first kappa shape index (κ1) is 59.3. The number of hydrogen-bond donors (Lipinski definition) is 7. The summed E-state index contributed by atoms with van der Waals surface area (Å²) in [5.74, 6) is 11.3. The van der Waals surface area contributed by atoms with E-state index in [1.165, 1.54) is 36.4 Å². The van der Waals surface area contributed by atoms with E-state index in [0.717, 1.165) is 78.0 Å². The van der Waals surface area contributed by atoms with Crippen molar-refractivity contribution in [1.29, 1.82) is 0 Å². The minimum absolute atomic E-state index is 0.00216. The molecular formula is C78H80N6O8. The van der Waals surface area contributed by atoms with Crippen molar-refractivity contribution in [1.82, 2.24) is 10.3 Å². The number of piperazine rings is 1.